The molecule has 0 aliphatic rings. The first-order valence-electron chi connectivity index (χ1n) is 19.3. The highest BCUT2D eigenvalue weighted by atomic mass is 16.6. The molecule has 52 heavy (non-hydrogen) atoms. The second-order valence-corrected chi connectivity index (χ2v) is 14.1. The van der Waals surface area contributed by atoms with Crippen LogP contribution in [0, 0.1) is 11.8 Å². The van der Waals surface area contributed by atoms with E-state index in [1.54, 1.807) is 6.33 Å². The van der Waals surface area contributed by atoms with E-state index in [9.17, 15) is 14.4 Å². The predicted octanol–water partition coefficient (Wildman–Crippen LogP) is 7.86. The first-order chi connectivity index (χ1) is 25.2. The molecule has 2 aromatic heterocycles. The number of allylic oxidation sites excluding steroid dienone is 2. The molecule has 288 valence electrons. The molecule has 0 aliphatic heterocycles. The standard InChI is InChI=1S/C40H62N6O6/c1-5-33(51-27-31(4)26-46-29-42-35-36(46)44-39(41)45-37(35)47)24-20-15-13-11-9-7-6-8-10-12-14-16-21-25-50-38(48)34(30(2)3)43-40(49)52-28-32-22-18-17-19-23-32/h7,9,17-19,22-23,29-31,33-34H,5-6,8,10-16,20-21,24-28H2,1-4H3,(H,43,49)(H3,41,44,45,47)/b9-7+/t31?,33?,34-/m0/s1. The Balaban J connectivity index is 1.13. The number of H-pyrrole nitrogens is 1. The van der Waals surface area contributed by atoms with Crippen molar-refractivity contribution in [1.29, 1.82) is 0 Å². The van der Waals surface area contributed by atoms with Gasteiger partial charge in [-0.05, 0) is 62.3 Å². The van der Waals surface area contributed by atoms with Crippen LogP contribution in [0.3, 0.4) is 0 Å². The number of amides is 1. The van der Waals surface area contributed by atoms with Gasteiger partial charge in [-0.15, -0.1) is 0 Å². The Hall–Kier alpha value is -4.19. The number of aromatic nitrogens is 4. The molecule has 3 rings (SSSR count). The zero-order valence-electron chi connectivity index (χ0n) is 31.8. The number of hydrogen-bond acceptors (Lipinski definition) is 9. The topological polar surface area (TPSA) is 163 Å². The summed E-state index contributed by atoms with van der Waals surface area (Å²) in [6, 6.07) is 8.69. The van der Waals surface area contributed by atoms with E-state index in [4.69, 9.17) is 19.9 Å². The lowest BCUT2D eigenvalue weighted by Crippen LogP contribution is -2.45. The number of rotatable bonds is 26. The van der Waals surface area contributed by atoms with E-state index in [0.717, 1.165) is 56.9 Å². The Bertz CT molecular complexity index is 1540. The van der Waals surface area contributed by atoms with Gasteiger partial charge in [0.15, 0.2) is 11.2 Å². The van der Waals surface area contributed by atoms with Gasteiger partial charge in [0, 0.05) is 6.54 Å². The molecular weight excluding hydrogens is 660 g/mol. The smallest absolute Gasteiger partial charge is 0.408 e. The van der Waals surface area contributed by atoms with Gasteiger partial charge in [0.25, 0.3) is 5.56 Å². The monoisotopic (exact) mass is 722 g/mol. The summed E-state index contributed by atoms with van der Waals surface area (Å²) in [4.78, 5) is 47.7. The maximum absolute atomic E-state index is 12.6. The van der Waals surface area contributed by atoms with E-state index < -0.39 is 18.1 Å². The largest absolute Gasteiger partial charge is 0.464 e. The predicted molar refractivity (Wildman–Crippen MR) is 206 cm³/mol. The molecule has 4 N–H and O–H groups in total. The summed E-state index contributed by atoms with van der Waals surface area (Å²) >= 11 is 0. The van der Waals surface area contributed by atoms with Crippen LogP contribution in [0.15, 0.2) is 53.6 Å². The summed E-state index contributed by atoms with van der Waals surface area (Å²) in [5.41, 5.74) is 7.09. The SMILES string of the molecule is CCC(CCCCC/C=C/CCCCCCCCOC(=O)[C@@H](NC(=O)OCc1ccccc1)C(C)C)OCC(C)Cn1cnc2c(=O)[nH]c(N)nc21. The number of nitrogens with zero attached hydrogens (tertiary/aromatic N) is 3. The minimum atomic E-state index is -0.734. The quantitative estimate of drug-likeness (QED) is 0.0425. The van der Waals surface area contributed by atoms with Gasteiger partial charge in [0.1, 0.15) is 12.6 Å². The van der Waals surface area contributed by atoms with Gasteiger partial charge in [0.05, 0.1) is 25.6 Å². The van der Waals surface area contributed by atoms with Gasteiger partial charge in [-0.3, -0.25) is 9.78 Å². The Kier molecular flexibility index (Phi) is 19.6. The first-order valence-corrected chi connectivity index (χ1v) is 19.3. The van der Waals surface area contributed by atoms with Gasteiger partial charge >= 0.3 is 12.1 Å². The molecule has 12 nitrogen and oxygen atoms in total. The van der Waals surface area contributed by atoms with E-state index in [1.165, 1.54) is 32.1 Å². The summed E-state index contributed by atoms with van der Waals surface area (Å²) in [6.07, 6.45) is 20.3. The molecule has 0 bridgehead atoms. The minimum absolute atomic E-state index is 0.0938. The first kappa shape index (κ1) is 42.2. The van der Waals surface area contributed by atoms with E-state index in [2.05, 4.69) is 46.3 Å². The van der Waals surface area contributed by atoms with Crippen LogP contribution < -0.4 is 16.6 Å². The van der Waals surface area contributed by atoms with E-state index in [1.807, 2.05) is 48.7 Å². The molecule has 0 saturated carbocycles. The highest BCUT2D eigenvalue weighted by Gasteiger charge is 2.26. The molecule has 0 saturated heterocycles. The Morgan fingerprint density at radius 1 is 0.942 bits per heavy atom. The third kappa shape index (κ3) is 16.0. The summed E-state index contributed by atoms with van der Waals surface area (Å²) in [7, 11) is 0. The number of aromatic amines is 1. The van der Waals surface area contributed by atoms with Crippen molar-refractivity contribution in [2.75, 3.05) is 18.9 Å². The lowest BCUT2D eigenvalue weighted by atomic mass is 10.1. The zero-order chi connectivity index (χ0) is 37.6. The number of benzene rings is 1. The van der Waals surface area contributed by atoms with Gasteiger partial charge in [0.2, 0.25) is 5.95 Å². The molecule has 2 heterocycles. The number of esters is 1. The van der Waals surface area contributed by atoms with Crippen molar-refractivity contribution in [3.8, 4) is 0 Å². The van der Waals surface area contributed by atoms with Crippen LogP contribution in [0.2, 0.25) is 0 Å². The Labute approximate surface area is 309 Å². The number of carbonyl (C=O) groups is 2. The highest BCUT2D eigenvalue weighted by molar-refractivity contribution is 5.81. The number of unbranched alkanes of at least 4 members (excludes halogenated alkanes) is 9. The second kappa shape index (κ2) is 24.1. The molecule has 0 radical (unpaired) electrons. The molecular formula is C40H62N6O6. The highest BCUT2D eigenvalue weighted by Crippen LogP contribution is 2.16. The average Bonchev–Trinajstić information content (AvgIpc) is 3.53. The number of anilines is 1. The summed E-state index contributed by atoms with van der Waals surface area (Å²) in [5.74, 6) is -0.185. The van der Waals surface area contributed by atoms with Crippen LogP contribution in [0.4, 0.5) is 10.7 Å². The third-order valence-corrected chi connectivity index (χ3v) is 9.05. The van der Waals surface area contributed by atoms with E-state index >= 15 is 0 Å². The molecule has 3 aromatic rings. The fraction of sp³-hybridized carbons (Fsp3) is 0.625. The molecule has 1 aromatic carbocycles. The number of imidazole rings is 1. The van der Waals surface area contributed by atoms with Crippen molar-refractivity contribution in [2.24, 2.45) is 11.8 Å². The maximum Gasteiger partial charge on any atom is 0.408 e. The van der Waals surface area contributed by atoms with Gasteiger partial charge in [-0.25, -0.2) is 14.6 Å². The van der Waals surface area contributed by atoms with Crippen LogP contribution in [0.1, 0.15) is 117 Å². The zero-order valence-corrected chi connectivity index (χ0v) is 31.8. The van der Waals surface area contributed by atoms with Crippen molar-refractivity contribution in [3.63, 3.8) is 0 Å². The van der Waals surface area contributed by atoms with Gasteiger partial charge in [-0.2, -0.15) is 4.98 Å². The summed E-state index contributed by atoms with van der Waals surface area (Å²) < 4.78 is 18.8. The normalized spacial score (nSPS) is 13.4. The summed E-state index contributed by atoms with van der Waals surface area (Å²) in [6.45, 7) is 9.86. The van der Waals surface area contributed by atoms with Crippen LogP contribution >= 0.6 is 0 Å². The number of hydrogen-bond donors (Lipinski definition) is 3. The van der Waals surface area contributed by atoms with Crippen molar-refractivity contribution in [2.45, 2.75) is 136 Å². The summed E-state index contributed by atoms with van der Waals surface area (Å²) in [5, 5.41) is 2.65. The minimum Gasteiger partial charge on any atom is -0.464 e. The van der Waals surface area contributed by atoms with E-state index in [0.29, 0.717) is 30.9 Å². The number of carbonyl (C=O) groups excluding carboxylic acids is 2. The number of ether oxygens (including phenoxy) is 3. The fourth-order valence-electron chi connectivity index (χ4n) is 5.97. The number of nitrogens with two attached hydrogens (primary N) is 1. The molecule has 12 heteroatoms. The van der Waals surface area contributed by atoms with Crippen LogP contribution in [0.25, 0.3) is 11.2 Å². The van der Waals surface area contributed by atoms with Crippen molar-refractivity contribution in [3.05, 3.63) is 64.7 Å². The van der Waals surface area contributed by atoms with Crippen molar-refractivity contribution < 1.29 is 23.8 Å². The maximum atomic E-state index is 12.6. The fourth-order valence-corrected chi connectivity index (χ4v) is 5.97. The number of nitrogen functional groups attached to an aromatic ring is 1. The Morgan fingerprint density at radius 3 is 2.31 bits per heavy atom. The number of nitrogens with one attached hydrogen (secondary N) is 2. The molecule has 0 aliphatic carbocycles. The van der Waals surface area contributed by atoms with E-state index in [-0.39, 0.29) is 36.1 Å². The Morgan fingerprint density at radius 2 is 1.62 bits per heavy atom. The van der Waals surface area contributed by atoms with Crippen LogP contribution in [0.5, 0.6) is 0 Å². The molecule has 0 fully saturated rings. The number of alkyl carbamates (subject to hydrolysis) is 1. The second-order valence-electron chi connectivity index (χ2n) is 14.1. The average molecular weight is 723 g/mol. The van der Waals surface area contributed by atoms with Crippen molar-refractivity contribution >= 4 is 29.2 Å². The van der Waals surface area contributed by atoms with Gasteiger partial charge < -0.3 is 29.8 Å². The van der Waals surface area contributed by atoms with Crippen LogP contribution in [-0.2, 0) is 32.2 Å². The number of fused-ring (bicyclic) bond motifs is 1. The molecule has 0 spiro atoms. The molecule has 2 unspecified atom stereocenters. The molecule has 1 amide bonds. The van der Waals surface area contributed by atoms with Crippen molar-refractivity contribution in [1.82, 2.24) is 24.8 Å². The lowest BCUT2D eigenvalue weighted by Gasteiger charge is -2.20. The van der Waals surface area contributed by atoms with Gasteiger partial charge in [-0.1, -0.05) is 109 Å². The third-order valence-electron chi connectivity index (χ3n) is 9.05. The van der Waals surface area contributed by atoms with Crippen LogP contribution in [-0.4, -0.2) is 56.9 Å². The molecule has 3 atom stereocenters. The lowest BCUT2D eigenvalue weighted by molar-refractivity contribution is -0.147.